The molecule has 0 fully saturated rings. The van der Waals surface area contributed by atoms with Gasteiger partial charge in [-0.15, -0.1) is 0 Å². The quantitative estimate of drug-likeness (QED) is 0.852. The smallest absolute Gasteiger partial charge is 0.0848 e. The second-order valence-electron chi connectivity index (χ2n) is 3.34. The number of aromatic nitrogens is 2. The van der Waals surface area contributed by atoms with Gasteiger partial charge in [0.2, 0.25) is 0 Å². The van der Waals surface area contributed by atoms with Crippen LogP contribution in [0.5, 0.6) is 0 Å². The van der Waals surface area contributed by atoms with E-state index in [-0.39, 0.29) is 0 Å². The minimum atomic E-state index is 0.743. The lowest BCUT2D eigenvalue weighted by molar-refractivity contribution is 1.07. The van der Waals surface area contributed by atoms with E-state index in [0.717, 1.165) is 22.0 Å². The molecule has 0 aliphatic rings. The standard InChI is InChI=1S/C13H11ClN2/c1-2-12-9-13(16-15-12)8-5-10-3-6-11(14)7-4-10/h2-9H,1H2,(H,15,16)/b8-5+. The Labute approximate surface area is 99.3 Å². The van der Waals surface area contributed by atoms with E-state index in [1.807, 2.05) is 42.5 Å². The molecule has 0 amide bonds. The third-order valence-electron chi connectivity index (χ3n) is 2.15. The molecule has 16 heavy (non-hydrogen) atoms. The number of benzene rings is 1. The summed E-state index contributed by atoms with van der Waals surface area (Å²) in [5.74, 6) is 0. The Balaban J connectivity index is 2.14. The van der Waals surface area contributed by atoms with Crippen LogP contribution in [0.25, 0.3) is 18.2 Å². The van der Waals surface area contributed by atoms with Gasteiger partial charge in [-0.2, -0.15) is 5.10 Å². The fourth-order valence-electron chi connectivity index (χ4n) is 1.30. The van der Waals surface area contributed by atoms with E-state index >= 15 is 0 Å². The van der Waals surface area contributed by atoms with Crippen LogP contribution >= 0.6 is 11.6 Å². The van der Waals surface area contributed by atoms with Gasteiger partial charge in [0.25, 0.3) is 0 Å². The van der Waals surface area contributed by atoms with Crippen molar-refractivity contribution in [3.63, 3.8) is 0 Å². The first kappa shape index (κ1) is 10.7. The van der Waals surface area contributed by atoms with Gasteiger partial charge in [-0.3, -0.25) is 5.10 Å². The van der Waals surface area contributed by atoms with Crippen LogP contribution in [-0.2, 0) is 0 Å². The molecule has 2 rings (SSSR count). The van der Waals surface area contributed by atoms with E-state index in [1.54, 1.807) is 6.08 Å². The molecule has 80 valence electrons. The van der Waals surface area contributed by atoms with Crippen molar-refractivity contribution < 1.29 is 0 Å². The molecule has 0 radical (unpaired) electrons. The van der Waals surface area contributed by atoms with E-state index in [1.165, 1.54) is 0 Å². The van der Waals surface area contributed by atoms with Crippen LogP contribution in [0.4, 0.5) is 0 Å². The molecule has 0 saturated carbocycles. The second-order valence-corrected chi connectivity index (χ2v) is 3.77. The molecular weight excluding hydrogens is 220 g/mol. The topological polar surface area (TPSA) is 28.7 Å². The van der Waals surface area contributed by atoms with Gasteiger partial charge >= 0.3 is 0 Å². The maximum atomic E-state index is 5.80. The molecule has 1 aromatic heterocycles. The summed E-state index contributed by atoms with van der Waals surface area (Å²) >= 11 is 5.80. The summed E-state index contributed by atoms with van der Waals surface area (Å²) in [5.41, 5.74) is 2.89. The van der Waals surface area contributed by atoms with Crippen molar-refractivity contribution >= 4 is 29.8 Å². The molecular formula is C13H11ClN2. The molecule has 0 saturated heterocycles. The number of hydrogen-bond donors (Lipinski definition) is 1. The summed E-state index contributed by atoms with van der Waals surface area (Å²) in [6.45, 7) is 3.65. The number of nitrogens with zero attached hydrogens (tertiary/aromatic N) is 1. The molecule has 0 aliphatic carbocycles. The van der Waals surface area contributed by atoms with Crippen LogP contribution in [0.15, 0.2) is 36.9 Å². The fraction of sp³-hybridized carbons (Fsp3) is 0. The molecule has 1 aromatic carbocycles. The predicted octanol–water partition coefficient (Wildman–Crippen LogP) is 3.88. The maximum Gasteiger partial charge on any atom is 0.0848 e. The lowest BCUT2D eigenvalue weighted by Gasteiger charge is -1.92. The highest BCUT2D eigenvalue weighted by Gasteiger charge is 1.93. The molecule has 3 heteroatoms. The summed E-state index contributed by atoms with van der Waals surface area (Å²) in [6.07, 6.45) is 5.66. The van der Waals surface area contributed by atoms with Crippen LogP contribution in [0.1, 0.15) is 17.0 Å². The number of halogens is 1. The summed E-state index contributed by atoms with van der Waals surface area (Å²) in [4.78, 5) is 0. The van der Waals surface area contributed by atoms with Crippen molar-refractivity contribution in [3.05, 3.63) is 58.9 Å². The third kappa shape index (κ3) is 2.61. The van der Waals surface area contributed by atoms with Crippen molar-refractivity contribution in [2.24, 2.45) is 0 Å². The number of hydrogen-bond acceptors (Lipinski definition) is 1. The van der Waals surface area contributed by atoms with E-state index in [4.69, 9.17) is 11.6 Å². The average Bonchev–Trinajstić information content (AvgIpc) is 2.76. The number of aromatic amines is 1. The Kier molecular flexibility index (Phi) is 3.22. The Hall–Kier alpha value is -1.80. The maximum absolute atomic E-state index is 5.80. The molecule has 2 aromatic rings. The van der Waals surface area contributed by atoms with Crippen molar-refractivity contribution in [1.29, 1.82) is 0 Å². The van der Waals surface area contributed by atoms with Crippen LogP contribution in [0.2, 0.25) is 5.02 Å². The zero-order valence-corrected chi connectivity index (χ0v) is 9.41. The van der Waals surface area contributed by atoms with Gasteiger partial charge in [0.05, 0.1) is 11.4 Å². The molecule has 0 spiro atoms. The van der Waals surface area contributed by atoms with Crippen molar-refractivity contribution in [3.8, 4) is 0 Å². The Bertz CT molecular complexity index is 509. The normalized spacial score (nSPS) is 10.8. The van der Waals surface area contributed by atoms with Gasteiger partial charge in [-0.1, -0.05) is 36.4 Å². The molecule has 1 N–H and O–H groups in total. The highest BCUT2D eigenvalue weighted by Crippen LogP contribution is 2.12. The largest absolute Gasteiger partial charge is 0.278 e. The SMILES string of the molecule is C=Cc1cc(/C=C/c2ccc(Cl)cc2)[nH]n1. The predicted molar refractivity (Wildman–Crippen MR) is 69.1 cm³/mol. The first-order valence-electron chi connectivity index (χ1n) is 4.89. The van der Waals surface area contributed by atoms with Crippen molar-refractivity contribution in [2.75, 3.05) is 0 Å². The van der Waals surface area contributed by atoms with E-state index in [9.17, 15) is 0 Å². The van der Waals surface area contributed by atoms with E-state index < -0.39 is 0 Å². The van der Waals surface area contributed by atoms with Crippen LogP contribution in [0.3, 0.4) is 0 Å². The first-order chi connectivity index (χ1) is 7.78. The highest BCUT2D eigenvalue weighted by molar-refractivity contribution is 6.30. The zero-order valence-electron chi connectivity index (χ0n) is 8.65. The number of H-pyrrole nitrogens is 1. The Morgan fingerprint density at radius 2 is 1.94 bits per heavy atom. The van der Waals surface area contributed by atoms with Crippen LogP contribution < -0.4 is 0 Å². The van der Waals surface area contributed by atoms with E-state index in [0.29, 0.717) is 0 Å². The Morgan fingerprint density at radius 3 is 2.56 bits per heavy atom. The minimum Gasteiger partial charge on any atom is -0.278 e. The summed E-state index contributed by atoms with van der Waals surface area (Å²) in [5, 5.41) is 7.69. The number of rotatable bonds is 3. The van der Waals surface area contributed by atoms with Gasteiger partial charge in [0, 0.05) is 5.02 Å². The minimum absolute atomic E-state index is 0.743. The van der Waals surface area contributed by atoms with Crippen molar-refractivity contribution in [2.45, 2.75) is 0 Å². The first-order valence-corrected chi connectivity index (χ1v) is 5.27. The zero-order chi connectivity index (χ0) is 11.4. The molecule has 0 bridgehead atoms. The molecule has 2 nitrogen and oxygen atoms in total. The molecule has 0 atom stereocenters. The summed E-state index contributed by atoms with van der Waals surface area (Å²) in [7, 11) is 0. The Morgan fingerprint density at radius 1 is 1.19 bits per heavy atom. The van der Waals surface area contributed by atoms with Gasteiger partial charge in [0.1, 0.15) is 0 Å². The lowest BCUT2D eigenvalue weighted by Crippen LogP contribution is -1.73. The third-order valence-corrected chi connectivity index (χ3v) is 2.40. The van der Waals surface area contributed by atoms with Gasteiger partial charge in [-0.05, 0) is 35.9 Å². The van der Waals surface area contributed by atoms with Crippen LogP contribution in [0, 0.1) is 0 Å². The average molecular weight is 231 g/mol. The van der Waals surface area contributed by atoms with Gasteiger partial charge in [-0.25, -0.2) is 0 Å². The fourth-order valence-corrected chi connectivity index (χ4v) is 1.43. The summed E-state index contributed by atoms with van der Waals surface area (Å²) in [6, 6.07) is 9.58. The van der Waals surface area contributed by atoms with Crippen LogP contribution in [-0.4, -0.2) is 10.2 Å². The molecule has 0 aliphatic heterocycles. The van der Waals surface area contributed by atoms with Gasteiger partial charge in [0.15, 0.2) is 0 Å². The van der Waals surface area contributed by atoms with Crippen molar-refractivity contribution in [1.82, 2.24) is 10.2 Å². The van der Waals surface area contributed by atoms with Gasteiger partial charge < -0.3 is 0 Å². The summed E-state index contributed by atoms with van der Waals surface area (Å²) < 4.78 is 0. The second kappa shape index (κ2) is 4.81. The van der Waals surface area contributed by atoms with E-state index in [2.05, 4.69) is 16.8 Å². The molecule has 1 heterocycles. The highest BCUT2D eigenvalue weighted by atomic mass is 35.5. The lowest BCUT2D eigenvalue weighted by atomic mass is 10.2. The number of nitrogens with one attached hydrogen (secondary N) is 1. The molecule has 0 unspecified atom stereocenters. The monoisotopic (exact) mass is 230 g/mol.